The highest BCUT2D eigenvalue weighted by Crippen LogP contribution is 2.24. The van der Waals surface area contributed by atoms with Gasteiger partial charge in [0, 0.05) is 43.8 Å². The van der Waals surface area contributed by atoms with Crippen LogP contribution in [0.5, 0.6) is 0 Å². The molecule has 0 radical (unpaired) electrons. The second-order valence-electron chi connectivity index (χ2n) is 6.18. The summed E-state index contributed by atoms with van der Waals surface area (Å²) in [6.07, 6.45) is 6.86. The Bertz CT molecular complexity index is 421. The number of hydrogen-bond acceptors (Lipinski definition) is 6. The van der Waals surface area contributed by atoms with Crippen molar-refractivity contribution < 1.29 is 0 Å². The maximum atomic E-state index is 4.29. The second-order valence-corrected chi connectivity index (χ2v) is 6.94. The molecule has 0 atom stereocenters. The molecule has 5 nitrogen and oxygen atoms in total. The van der Waals surface area contributed by atoms with Gasteiger partial charge in [-0.05, 0) is 45.7 Å². The molecule has 0 amide bonds. The van der Waals surface area contributed by atoms with Crippen LogP contribution in [0.1, 0.15) is 44.7 Å². The molecule has 0 aliphatic carbocycles. The third-order valence-corrected chi connectivity index (χ3v) is 5.46. The SMILES string of the molecule is CCNc1snnc1CN1CCC(N2CCCCC2)CC1. The quantitative estimate of drug-likeness (QED) is 0.905. The summed E-state index contributed by atoms with van der Waals surface area (Å²) in [7, 11) is 0. The average molecular weight is 309 g/mol. The molecule has 2 aliphatic rings. The third kappa shape index (κ3) is 3.93. The highest BCUT2D eigenvalue weighted by atomic mass is 32.1. The number of rotatable bonds is 5. The van der Waals surface area contributed by atoms with Gasteiger partial charge in [-0.3, -0.25) is 4.90 Å². The number of aromatic nitrogens is 2. The van der Waals surface area contributed by atoms with Gasteiger partial charge in [-0.15, -0.1) is 5.10 Å². The van der Waals surface area contributed by atoms with Crippen molar-refractivity contribution in [1.82, 2.24) is 19.4 Å². The van der Waals surface area contributed by atoms with Crippen molar-refractivity contribution in [2.24, 2.45) is 0 Å². The van der Waals surface area contributed by atoms with Crippen LogP contribution in [-0.2, 0) is 6.54 Å². The summed E-state index contributed by atoms with van der Waals surface area (Å²) in [5.74, 6) is 0. The van der Waals surface area contributed by atoms with E-state index in [2.05, 4.69) is 31.6 Å². The van der Waals surface area contributed by atoms with Gasteiger partial charge in [-0.25, -0.2) is 0 Å². The van der Waals surface area contributed by atoms with E-state index in [0.29, 0.717) is 0 Å². The molecule has 2 saturated heterocycles. The van der Waals surface area contributed by atoms with Gasteiger partial charge in [0.2, 0.25) is 0 Å². The molecule has 118 valence electrons. The zero-order valence-electron chi connectivity index (χ0n) is 13.1. The smallest absolute Gasteiger partial charge is 0.134 e. The van der Waals surface area contributed by atoms with Crippen molar-refractivity contribution in [3.05, 3.63) is 5.69 Å². The maximum absolute atomic E-state index is 4.29. The molecule has 3 rings (SSSR count). The van der Waals surface area contributed by atoms with Crippen molar-refractivity contribution >= 4 is 16.5 Å². The Balaban J connectivity index is 1.48. The Labute approximate surface area is 131 Å². The van der Waals surface area contributed by atoms with E-state index in [9.17, 15) is 0 Å². The van der Waals surface area contributed by atoms with Gasteiger partial charge in [-0.1, -0.05) is 10.9 Å². The summed E-state index contributed by atoms with van der Waals surface area (Å²) in [5, 5.41) is 8.81. The van der Waals surface area contributed by atoms with Crippen molar-refractivity contribution in [2.45, 2.75) is 51.6 Å². The Morgan fingerprint density at radius 3 is 2.62 bits per heavy atom. The molecular weight excluding hydrogens is 282 g/mol. The highest BCUT2D eigenvalue weighted by molar-refractivity contribution is 7.10. The van der Waals surface area contributed by atoms with Crippen LogP contribution in [0.2, 0.25) is 0 Å². The normalized spacial score (nSPS) is 22.5. The minimum atomic E-state index is 0.823. The zero-order valence-corrected chi connectivity index (χ0v) is 13.9. The van der Waals surface area contributed by atoms with Gasteiger partial charge in [0.25, 0.3) is 0 Å². The summed E-state index contributed by atoms with van der Waals surface area (Å²) in [6.45, 7) is 9.05. The molecule has 1 aromatic heterocycles. The standard InChI is InChI=1S/C15H27N5S/c1-2-16-15-14(17-18-21-15)12-19-10-6-13(7-11-19)20-8-4-3-5-9-20/h13,16H,2-12H2,1H3. The summed E-state index contributed by atoms with van der Waals surface area (Å²) >= 11 is 1.48. The van der Waals surface area contributed by atoms with E-state index in [0.717, 1.165) is 29.8 Å². The Hall–Kier alpha value is -0.720. The van der Waals surface area contributed by atoms with E-state index >= 15 is 0 Å². The molecule has 6 heteroatoms. The molecule has 2 aliphatic heterocycles. The Kier molecular flexibility index (Phi) is 5.43. The zero-order chi connectivity index (χ0) is 14.5. The van der Waals surface area contributed by atoms with Crippen molar-refractivity contribution in [2.75, 3.05) is 38.0 Å². The van der Waals surface area contributed by atoms with E-state index in [1.807, 2.05) is 0 Å². The lowest BCUT2D eigenvalue weighted by atomic mass is 10.00. The first kappa shape index (κ1) is 15.2. The van der Waals surface area contributed by atoms with Crippen molar-refractivity contribution in [3.63, 3.8) is 0 Å². The lowest BCUT2D eigenvalue weighted by molar-refractivity contribution is 0.0892. The van der Waals surface area contributed by atoms with Crippen LogP contribution in [0.25, 0.3) is 0 Å². The molecule has 0 bridgehead atoms. The van der Waals surface area contributed by atoms with Gasteiger partial charge in [0.05, 0.1) is 0 Å². The topological polar surface area (TPSA) is 44.3 Å². The summed E-state index contributed by atoms with van der Waals surface area (Å²) < 4.78 is 4.09. The molecule has 0 unspecified atom stereocenters. The van der Waals surface area contributed by atoms with Crippen molar-refractivity contribution in [1.29, 1.82) is 0 Å². The lowest BCUT2D eigenvalue weighted by Crippen LogP contribution is -2.46. The van der Waals surface area contributed by atoms with Crippen LogP contribution in [-0.4, -0.2) is 58.2 Å². The molecule has 0 aromatic carbocycles. The van der Waals surface area contributed by atoms with E-state index < -0.39 is 0 Å². The molecular formula is C15H27N5S. The second kappa shape index (κ2) is 7.51. The summed E-state index contributed by atoms with van der Waals surface area (Å²) in [4.78, 5) is 5.27. The maximum Gasteiger partial charge on any atom is 0.134 e. The van der Waals surface area contributed by atoms with E-state index in [1.165, 1.54) is 69.8 Å². The number of hydrogen-bond donors (Lipinski definition) is 1. The number of likely N-dealkylation sites (tertiary alicyclic amines) is 2. The largest absolute Gasteiger partial charge is 0.374 e. The lowest BCUT2D eigenvalue weighted by Gasteiger charge is -2.40. The number of nitrogens with one attached hydrogen (secondary N) is 1. The minimum Gasteiger partial charge on any atom is -0.374 e. The molecule has 1 aromatic rings. The van der Waals surface area contributed by atoms with Gasteiger partial charge in [0.1, 0.15) is 10.7 Å². The molecule has 21 heavy (non-hydrogen) atoms. The predicted octanol–water partition coefficient (Wildman–Crippen LogP) is 2.42. The predicted molar refractivity (Wildman–Crippen MR) is 87.8 cm³/mol. The fraction of sp³-hybridized carbons (Fsp3) is 0.867. The minimum absolute atomic E-state index is 0.823. The summed E-state index contributed by atoms with van der Waals surface area (Å²) in [5.41, 5.74) is 1.12. The molecule has 2 fully saturated rings. The average Bonchev–Trinajstić information content (AvgIpc) is 2.96. The monoisotopic (exact) mass is 309 g/mol. The highest BCUT2D eigenvalue weighted by Gasteiger charge is 2.26. The first-order valence-corrected chi connectivity index (χ1v) is 9.15. The fourth-order valence-corrected chi connectivity index (χ4v) is 4.19. The van der Waals surface area contributed by atoms with Crippen LogP contribution in [0.3, 0.4) is 0 Å². The Morgan fingerprint density at radius 2 is 1.90 bits per heavy atom. The van der Waals surface area contributed by atoms with Gasteiger partial charge in [0.15, 0.2) is 0 Å². The molecule has 0 saturated carbocycles. The number of nitrogens with zero attached hydrogens (tertiary/aromatic N) is 4. The molecule has 1 N–H and O–H groups in total. The van der Waals surface area contributed by atoms with Crippen LogP contribution >= 0.6 is 11.5 Å². The van der Waals surface area contributed by atoms with Crippen molar-refractivity contribution in [3.8, 4) is 0 Å². The first-order chi connectivity index (χ1) is 10.4. The van der Waals surface area contributed by atoms with Gasteiger partial charge < -0.3 is 10.2 Å². The Morgan fingerprint density at radius 1 is 1.14 bits per heavy atom. The van der Waals surface area contributed by atoms with Crippen LogP contribution < -0.4 is 5.32 Å². The van der Waals surface area contributed by atoms with Crippen LogP contribution in [0.4, 0.5) is 5.00 Å². The van der Waals surface area contributed by atoms with E-state index in [4.69, 9.17) is 0 Å². The van der Waals surface area contributed by atoms with E-state index in [1.54, 1.807) is 0 Å². The molecule has 0 spiro atoms. The fourth-order valence-electron chi connectivity index (χ4n) is 3.54. The van der Waals surface area contributed by atoms with Gasteiger partial charge >= 0.3 is 0 Å². The van der Waals surface area contributed by atoms with Crippen LogP contribution in [0, 0.1) is 0 Å². The first-order valence-electron chi connectivity index (χ1n) is 8.38. The number of piperidine rings is 2. The third-order valence-electron chi connectivity index (χ3n) is 4.73. The molecule has 3 heterocycles. The van der Waals surface area contributed by atoms with E-state index in [-0.39, 0.29) is 0 Å². The van der Waals surface area contributed by atoms with Gasteiger partial charge in [-0.2, -0.15) is 0 Å². The van der Waals surface area contributed by atoms with Crippen LogP contribution in [0.15, 0.2) is 0 Å². The summed E-state index contributed by atoms with van der Waals surface area (Å²) in [6, 6.07) is 0.823. The number of anilines is 1.